The Morgan fingerprint density at radius 2 is 1.34 bits per heavy atom. The minimum Gasteiger partial charge on any atom is -0.394 e. The molecule has 0 rings (SSSR count). The second kappa shape index (κ2) is 22.6. The summed E-state index contributed by atoms with van der Waals surface area (Å²) in [4.78, 5) is 11.8. The maximum atomic E-state index is 11.8. The van der Waals surface area contributed by atoms with Crippen molar-refractivity contribution in [3.8, 4) is 0 Å². The first-order valence-corrected chi connectivity index (χ1v) is 13.1. The summed E-state index contributed by atoms with van der Waals surface area (Å²) in [6.45, 7) is 4.60. The first-order valence-electron chi connectivity index (χ1n) is 12.2. The summed E-state index contributed by atoms with van der Waals surface area (Å²) in [6.07, 6.45) is 19.2. The predicted molar refractivity (Wildman–Crippen MR) is 126 cm³/mol. The summed E-state index contributed by atoms with van der Waals surface area (Å²) in [5, 5.41) is 18.7. The smallest absolute Gasteiger partial charge is 0.188 e. The number of aliphatic hydroxyl groups is 2. The van der Waals surface area contributed by atoms with E-state index in [0.717, 1.165) is 12.8 Å². The lowest BCUT2D eigenvalue weighted by molar-refractivity contribution is -0.110. The standard InChI is InChI=1S/C24H48O4S/c1-3-5-6-7-8-9-10-11-12-13-14-15-16-17-23(29-24(27)4-2)18-19-28-21-22(26)20-25/h22-23,25-26H,3-21H2,1-2H3. The Labute approximate surface area is 184 Å². The van der Waals surface area contributed by atoms with Gasteiger partial charge in [-0.05, 0) is 12.8 Å². The average molecular weight is 433 g/mol. The minimum absolute atomic E-state index is 0.161. The Balaban J connectivity index is 3.65. The largest absolute Gasteiger partial charge is 0.394 e. The number of hydrogen-bond acceptors (Lipinski definition) is 5. The summed E-state index contributed by atoms with van der Waals surface area (Å²) in [5.74, 6) is 0. The van der Waals surface area contributed by atoms with Crippen molar-refractivity contribution in [2.45, 2.75) is 128 Å². The van der Waals surface area contributed by atoms with Crippen LogP contribution in [0.3, 0.4) is 0 Å². The van der Waals surface area contributed by atoms with E-state index in [0.29, 0.717) is 18.3 Å². The SMILES string of the molecule is CCCCCCCCCCCCCCCC(CCOCC(O)CO)SC(=O)CC. The molecular formula is C24H48O4S. The first-order chi connectivity index (χ1) is 14.1. The van der Waals surface area contributed by atoms with Crippen molar-refractivity contribution in [2.75, 3.05) is 19.8 Å². The zero-order valence-corrected chi connectivity index (χ0v) is 20.0. The van der Waals surface area contributed by atoms with Crippen molar-refractivity contribution < 1.29 is 19.7 Å². The molecule has 4 nitrogen and oxygen atoms in total. The van der Waals surface area contributed by atoms with Crippen LogP contribution in [0.1, 0.15) is 117 Å². The number of thioether (sulfide) groups is 1. The molecule has 0 saturated heterocycles. The quantitative estimate of drug-likeness (QED) is 0.197. The van der Waals surface area contributed by atoms with Gasteiger partial charge in [-0.3, -0.25) is 4.79 Å². The lowest BCUT2D eigenvalue weighted by Crippen LogP contribution is -2.20. The van der Waals surface area contributed by atoms with Gasteiger partial charge in [0, 0.05) is 18.3 Å². The Morgan fingerprint density at radius 1 is 0.828 bits per heavy atom. The molecule has 0 aromatic rings. The summed E-state index contributed by atoms with van der Waals surface area (Å²) in [6, 6.07) is 0. The molecule has 0 saturated carbocycles. The Kier molecular flexibility index (Phi) is 22.5. The molecule has 29 heavy (non-hydrogen) atoms. The van der Waals surface area contributed by atoms with Crippen molar-refractivity contribution in [2.24, 2.45) is 0 Å². The molecule has 2 unspecified atom stereocenters. The molecule has 174 valence electrons. The van der Waals surface area contributed by atoms with Crippen LogP contribution < -0.4 is 0 Å². The van der Waals surface area contributed by atoms with Gasteiger partial charge >= 0.3 is 0 Å². The van der Waals surface area contributed by atoms with Crippen LogP contribution in [0.5, 0.6) is 0 Å². The summed E-state index contributed by atoms with van der Waals surface area (Å²) in [7, 11) is 0. The summed E-state index contributed by atoms with van der Waals surface area (Å²) in [5.41, 5.74) is 0. The fourth-order valence-corrected chi connectivity index (χ4v) is 4.45. The number of rotatable bonds is 22. The van der Waals surface area contributed by atoms with E-state index in [2.05, 4.69) is 6.92 Å². The third-order valence-electron chi connectivity index (χ3n) is 5.32. The van der Waals surface area contributed by atoms with Gasteiger partial charge < -0.3 is 14.9 Å². The van der Waals surface area contributed by atoms with E-state index < -0.39 is 6.10 Å². The summed E-state index contributed by atoms with van der Waals surface area (Å²) < 4.78 is 5.42. The van der Waals surface area contributed by atoms with E-state index in [1.54, 1.807) is 0 Å². The maximum Gasteiger partial charge on any atom is 0.188 e. The lowest BCUT2D eigenvalue weighted by atomic mass is 10.0. The molecule has 0 fully saturated rings. The molecule has 0 aromatic carbocycles. The number of hydrogen-bond donors (Lipinski definition) is 2. The van der Waals surface area contributed by atoms with Crippen LogP contribution in [-0.2, 0) is 9.53 Å². The van der Waals surface area contributed by atoms with Crippen LogP contribution in [0.4, 0.5) is 0 Å². The zero-order chi connectivity index (χ0) is 21.6. The first kappa shape index (κ1) is 28.9. The van der Waals surface area contributed by atoms with Crippen molar-refractivity contribution in [3.05, 3.63) is 0 Å². The highest BCUT2D eigenvalue weighted by Crippen LogP contribution is 2.24. The van der Waals surface area contributed by atoms with Gasteiger partial charge in [0.1, 0.15) is 6.10 Å². The maximum absolute atomic E-state index is 11.8. The number of ether oxygens (including phenoxy) is 1. The highest BCUT2D eigenvalue weighted by atomic mass is 32.2. The van der Waals surface area contributed by atoms with Crippen molar-refractivity contribution in [3.63, 3.8) is 0 Å². The van der Waals surface area contributed by atoms with E-state index in [-0.39, 0.29) is 18.3 Å². The molecule has 0 aliphatic heterocycles. The average Bonchev–Trinajstić information content (AvgIpc) is 2.73. The van der Waals surface area contributed by atoms with Crippen molar-refractivity contribution in [1.29, 1.82) is 0 Å². The number of carbonyl (C=O) groups excluding carboxylic acids is 1. The third-order valence-corrected chi connectivity index (χ3v) is 6.68. The topological polar surface area (TPSA) is 66.8 Å². The molecule has 0 heterocycles. The molecule has 0 amide bonds. The van der Waals surface area contributed by atoms with Gasteiger partial charge in [-0.2, -0.15) is 0 Å². The molecule has 0 aliphatic carbocycles. The molecule has 0 spiro atoms. The van der Waals surface area contributed by atoms with Crippen LogP contribution in [0, 0.1) is 0 Å². The number of aliphatic hydroxyl groups excluding tert-OH is 2. The Morgan fingerprint density at radius 3 is 1.83 bits per heavy atom. The molecule has 0 bridgehead atoms. The zero-order valence-electron chi connectivity index (χ0n) is 19.2. The van der Waals surface area contributed by atoms with Crippen LogP contribution >= 0.6 is 11.8 Å². The Hall–Kier alpha value is -0.100. The Bertz CT molecular complexity index is 352. The molecule has 0 aliphatic rings. The van der Waals surface area contributed by atoms with Gasteiger partial charge in [0.2, 0.25) is 0 Å². The minimum atomic E-state index is -0.806. The van der Waals surface area contributed by atoms with Gasteiger partial charge in [-0.25, -0.2) is 0 Å². The van der Waals surface area contributed by atoms with E-state index in [1.165, 1.54) is 95.2 Å². The van der Waals surface area contributed by atoms with Crippen LogP contribution in [0.25, 0.3) is 0 Å². The van der Waals surface area contributed by atoms with Crippen LogP contribution in [0.2, 0.25) is 0 Å². The molecular weight excluding hydrogens is 384 g/mol. The molecule has 0 aromatic heterocycles. The predicted octanol–water partition coefficient (Wildman–Crippen LogP) is 6.27. The molecule has 2 atom stereocenters. The monoisotopic (exact) mass is 432 g/mol. The highest BCUT2D eigenvalue weighted by Gasteiger charge is 2.14. The lowest BCUT2D eigenvalue weighted by Gasteiger charge is -2.16. The van der Waals surface area contributed by atoms with Gasteiger partial charge in [0.25, 0.3) is 0 Å². The molecule has 0 radical (unpaired) electrons. The molecule has 5 heteroatoms. The normalized spacial score (nSPS) is 13.5. The highest BCUT2D eigenvalue weighted by molar-refractivity contribution is 8.14. The van der Waals surface area contributed by atoms with E-state index in [4.69, 9.17) is 9.84 Å². The van der Waals surface area contributed by atoms with Gasteiger partial charge in [0.15, 0.2) is 5.12 Å². The van der Waals surface area contributed by atoms with Crippen LogP contribution in [-0.4, -0.2) is 46.5 Å². The fourth-order valence-electron chi connectivity index (χ4n) is 3.41. The molecule has 2 N–H and O–H groups in total. The number of carbonyl (C=O) groups is 1. The van der Waals surface area contributed by atoms with E-state index >= 15 is 0 Å². The number of unbranched alkanes of at least 4 members (excludes halogenated alkanes) is 12. The van der Waals surface area contributed by atoms with Crippen molar-refractivity contribution in [1.82, 2.24) is 0 Å². The van der Waals surface area contributed by atoms with Crippen LogP contribution in [0.15, 0.2) is 0 Å². The van der Waals surface area contributed by atoms with E-state index in [9.17, 15) is 9.90 Å². The van der Waals surface area contributed by atoms with Crippen molar-refractivity contribution >= 4 is 16.9 Å². The van der Waals surface area contributed by atoms with Gasteiger partial charge in [0.05, 0.1) is 13.2 Å². The van der Waals surface area contributed by atoms with Gasteiger partial charge in [-0.1, -0.05) is 109 Å². The second-order valence-corrected chi connectivity index (χ2v) is 9.55. The second-order valence-electron chi connectivity index (χ2n) is 8.20. The fraction of sp³-hybridized carbons (Fsp3) is 0.958. The summed E-state index contributed by atoms with van der Waals surface area (Å²) >= 11 is 1.46. The third kappa shape index (κ3) is 20.9. The van der Waals surface area contributed by atoms with E-state index in [1.807, 2.05) is 6.92 Å². The van der Waals surface area contributed by atoms with Gasteiger partial charge in [-0.15, -0.1) is 0 Å².